The van der Waals surface area contributed by atoms with Crippen LogP contribution in [0.5, 0.6) is 0 Å². The van der Waals surface area contributed by atoms with Crippen LogP contribution >= 0.6 is 39.3 Å². The Bertz CT molecular complexity index is 620. The second-order valence-corrected chi connectivity index (χ2v) is 6.21. The number of nitrogens with zero attached hydrogens (tertiary/aromatic N) is 2. The summed E-state index contributed by atoms with van der Waals surface area (Å²) in [6, 6.07) is 5.38. The van der Waals surface area contributed by atoms with Crippen molar-refractivity contribution in [3.8, 4) is 11.5 Å². The zero-order valence-electron chi connectivity index (χ0n) is 10.2. The molecule has 2 rings (SSSR count). The maximum Gasteiger partial charge on any atom is 0.303 e. The van der Waals surface area contributed by atoms with Crippen LogP contribution in [0.2, 0.25) is 5.02 Å². The van der Waals surface area contributed by atoms with Gasteiger partial charge in [-0.15, -0.1) is 10.2 Å². The lowest BCUT2D eigenvalue weighted by atomic mass is 10.2. The fourth-order valence-electron chi connectivity index (χ4n) is 1.42. The van der Waals surface area contributed by atoms with Crippen LogP contribution in [0.15, 0.2) is 32.3 Å². The molecular weight excluding hydrogens is 368 g/mol. The van der Waals surface area contributed by atoms with Crippen LogP contribution in [0.25, 0.3) is 11.5 Å². The van der Waals surface area contributed by atoms with E-state index >= 15 is 0 Å². The Morgan fingerprint density at radius 1 is 1.45 bits per heavy atom. The lowest BCUT2D eigenvalue weighted by Crippen LogP contribution is -1.94. The molecule has 0 atom stereocenters. The zero-order valence-corrected chi connectivity index (χ0v) is 13.3. The summed E-state index contributed by atoms with van der Waals surface area (Å²) in [6.45, 7) is 0. The Labute approximate surface area is 132 Å². The van der Waals surface area contributed by atoms with E-state index in [-0.39, 0.29) is 6.42 Å². The molecule has 1 heterocycles. The van der Waals surface area contributed by atoms with Gasteiger partial charge < -0.3 is 9.52 Å². The summed E-state index contributed by atoms with van der Waals surface area (Å²) in [5.41, 5.74) is 0.666. The Hall–Kier alpha value is -1.05. The number of hydrogen-bond donors (Lipinski definition) is 1. The highest BCUT2D eigenvalue weighted by Gasteiger charge is 2.12. The first-order chi connectivity index (χ1) is 9.56. The molecule has 0 saturated carbocycles. The molecule has 0 saturated heterocycles. The highest BCUT2D eigenvalue weighted by Crippen LogP contribution is 2.31. The van der Waals surface area contributed by atoms with Gasteiger partial charge in [0.2, 0.25) is 5.89 Å². The largest absolute Gasteiger partial charge is 0.481 e. The minimum atomic E-state index is -0.807. The van der Waals surface area contributed by atoms with E-state index in [0.717, 1.165) is 4.47 Å². The molecule has 0 aliphatic carbocycles. The van der Waals surface area contributed by atoms with Crippen molar-refractivity contribution in [2.45, 2.75) is 18.1 Å². The Kier molecular flexibility index (Phi) is 5.45. The van der Waals surface area contributed by atoms with E-state index in [2.05, 4.69) is 26.1 Å². The van der Waals surface area contributed by atoms with Gasteiger partial charge in [0.1, 0.15) is 0 Å². The van der Waals surface area contributed by atoms with E-state index < -0.39 is 5.97 Å². The summed E-state index contributed by atoms with van der Waals surface area (Å²) in [6.07, 6.45) is 0.684. The van der Waals surface area contributed by atoms with Crippen molar-refractivity contribution >= 4 is 45.3 Å². The number of rotatable bonds is 6. The number of thioether (sulfide) groups is 1. The molecule has 8 heteroatoms. The van der Waals surface area contributed by atoms with Gasteiger partial charge in [-0.05, 0) is 24.6 Å². The Morgan fingerprint density at radius 3 is 2.95 bits per heavy atom. The van der Waals surface area contributed by atoms with Crippen LogP contribution in [0, 0.1) is 0 Å². The van der Waals surface area contributed by atoms with Gasteiger partial charge in [-0.1, -0.05) is 39.3 Å². The standard InChI is InChI=1S/C12H10BrClN2O3S/c13-7-3-4-8(9(14)6-7)11-15-16-12(19-11)20-5-1-2-10(17)18/h3-4,6H,1-2,5H2,(H,17,18). The van der Waals surface area contributed by atoms with Crippen molar-refractivity contribution in [1.29, 1.82) is 0 Å². The topological polar surface area (TPSA) is 76.2 Å². The van der Waals surface area contributed by atoms with E-state index in [1.807, 2.05) is 6.07 Å². The second-order valence-electron chi connectivity index (χ2n) is 3.84. The average Bonchev–Trinajstić information content (AvgIpc) is 2.83. The van der Waals surface area contributed by atoms with Crippen molar-refractivity contribution in [3.05, 3.63) is 27.7 Å². The molecular formula is C12H10BrClN2O3S. The first kappa shape index (κ1) is 15.3. The van der Waals surface area contributed by atoms with Gasteiger partial charge in [0.25, 0.3) is 5.22 Å². The Morgan fingerprint density at radius 2 is 2.25 bits per heavy atom. The first-order valence-electron chi connectivity index (χ1n) is 5.70. The predicted octanol–water partition coefficient (Wildman–Crippen LogP) is 4.11. The third-order valence-corrected chi connectivity index (χ3v) is 4.04. The number of carbonyl (C=O) groups is 1. The van der Waals surface area contributed by atoms with E-state index in [0.29, 0.717) is 33.9 Å². The molecule has 106 valence electrons. The summed E-state index contributed by atoms with van der Waals surface area (Å²) in [5.74, 6) is 0.156. The summed E-state index contributed by atoms with van der Waals surface area (Å²) in [5, 5.41) is 17.3. The molecule has 0 radical (unpaired) electrons. The first-order valence-corrected chi connectivity index (χ1v) is 7.85. The van der Waals surface area contributed by atoms with Crippen molar-refractivity contribution in [3.63, 3.8) is 0 Å². The van der Waals surface area contributed by atoms with Crippen molar-refractivity contribution in [2.24, 2.45) is 0 Å². The van der Waals surface area contributed by atoms with Gasteiger partial charge in [0.15, 0.2) is 0 Å². The lowest BCUT2D eigenvalue weighted by Gasteiger charge is -1.99. The minimum absolute atomic E-state index is 0.131. The number of hydrogen-bond acceptors (Lipinski definition) is 5. The van der Waals surface area contributed by atoms with Crippen LogP contribution < -0.4 is 0 Å². The fourth-order valence-corrected chi connectivity index (χ4v) is 2.88. The maximum absolute atomic E-state index is 10.4. The normalized spacial score (nSPS) is 10.7. The molecule has 1 aromatic carbocycles. The second kappa shape index (κ2) is 7.10. The molecule has 0 spiro atoms. The van der Waals surface area contributed by atoms with Crippen LogP contribution in [0.1, 0.15) is 12.8 Å². The van der Waals surface area contributed by atoms with Crippen LogP contribution in [0.4, 0.5) is 0 Å². The quantitative estimate of drug-likeness (QED) is 0.603. The number of aliphatic carboxylic acids is 1. The molecule has 0 aliphatic rings. The van der Waals surface area contributed by atoms with Crippen molar-refractivity contribution in [2.75, 3.05) is 5.75 Å². The minimum Gasteiger partial charge on any atom is -0.481 e. The molecule has 20 heavy (non-hydrogen) atoms. The number of aromatic nitrogens is 2. The molecule has 0 unspecified atom stereocenters. The Balaban J connectivity index is 1.99. The summed E-state index contributed by atoms with van der Waals surface area (Å²) in [4.78, 5) is 10.4. The molecule has 0 fully saturated rings. The summed E-state index contributed by atoms with van der Waals surface area (Å²) < 4.78 is 6.36. The van der Waals surface area contributed by atoms with Crippen LogP contribution in [0.3, 0.4) is 0 Å². The molecule has 0 aliphatic heterocycles. The SMILES string of the molecule is O=C(O)CCCSc1nnc(-c2ccc(Br)cc2Cl)o1. The highest BCUT2D eigenvalue weighted by atomic mass is 79.9. The fraction of sp³-hybridized carbons (Fsp3) is 0.250. The van der Waals surface area contributed by atoms with Crippen molar-refractivity contribution in [1.82, 2.24) is 10.2 Å². The third kappa shape index (κ3) is 4.22. The molecule has 5 nitrogen and oxygen atoms in total. The van der Waals surface area contributed by atoms with Gasteiger partial charge >= 0.3 is 5.97 Å². The molecule has 1 aromatic heterocycles. The predicted molar refractivity (Wildman–Crippen MR) is 80.0 cm³/mol. The van der Waals surface area contributed by atoms with Crippen LogP contribution in [-0.4, -0.2) is 27.0 Å². The molecule has 2 aromatic rings. The number of halogens is 2. The zero-order chi connectivity index (χ0) is 14.5. The van der Waals surface area contributed by atoms with Gasteiger partial charge in [0.05, 0.1) is 10.6 Å². The van der Waals surface area contributed by atoms with E-state index in [1.54, 1.807) is 12.1 Å². The number of carboxylic acids is 1. The van der Waals surface area contributed by atoms with E-state index in [9.17, 15) is 4.79 Å². The van der Waals surface area contributed by atoms with Crippen molar-refractivity contribution < 1.29 is 14.3 Å². The average molecular weight is 378 g/mol. The monoisotopic (exact) mass is 376 g/mol. The van der Waals surface area contributed by atoms with E-state index in [1.165, 1.54) is 11.8 Å². The molecule has 0 bridgehead atoms. The van der Waals surface area contributed by atoms with Gasteiger partial charge in [-0.25, -0.2) is 0 Å². The van der Waals surface area contributed by atoms with Gasteiger partial charge in [-0.3, -0.25) is 4.79 Å². The van der Waals surface area contributed by atoms with E-state index in [4.69, 9.17) is 21.1 Å². The summed E-state index contributed by atoms with van der Waals surface area (Å²) in [7, 11) is 0. The van der Waals surface area contributed by atoms with Gasteiger partial charge in [0, 0.05) is 16.6 Å². The smallest absolute Gasteiger partial charge is 0.303 e. The number of carboxylic acid groups (broad SMARTS) is 1. The molecule has 0 amide bonds. The van der Waals surface area contributed by atoms with Gasteiger partial charge in [-0.2, -0.15) is 0 Å². The summed E-state index contributed by atoms with van der Waals surface area (Å²) >= 11 is 10.8. The molecule has 1 N–H and O–H groups in total. The maximum atomic E-state index is 10.4. The van der Waals surface area contributed by atoms with Crippen LogP contribution in [-0.2, 0) is 4.79 Å². The number of benzene rings is 1. The third-order valence-electron chi connectivity index (χ3n) is 2.33. The highest BCUT2D eigenvalue weighted by molar-refractivity contribution is 9.10. The lowest BCUT2D eigenvalue weighted by molar-refractivity contribution is -0.137.